The van der Waals surface area contributed by atoms with E-state index in [1.807, 2.05) is 0 Å². The molecule has 7 nitrogen and oxygen atoms in total. The average molecular weight is 279 g/mol. The van der Waals surface area contributed by atoms with Crippen molar-refractivity contribution in [3.05, 3.63) is 23.5 Å². The highest BCUT2D eigenvalue weighted by Crippen LogP contribution is 2.22. The lowest BCUT2D eigenvalue weighted by Crippen LogP contribution is -2.52. The summed E-state index contributed by atoms with van der Waals surface area (Å²) in [5.74, 6) is -0.473. The Morgan fingerprint density at radius 3 is 3.05 bits per heavy atom. The van der Waals surface area contributed by atoms with Gasteiger partial charge in [0.05, 0.1) is 23.6 Å². The van der Waals surface area contributed by atoms with Gasteiger partial charge in [-0.15, -0.1) is 0 Å². The van der Waals surface area contributed by atoms with Gasteiger partial charge < -0.3 is 15.2 Å². The predicted molar refractivity (Wildman–Crippen MR) is 71.4 cm³/mol. The van der Waals surface area contributed by atoms with Crippen LogP contribution in [-0.2, 0) is 4.74 Å². The molecule has 1 unspecified atom stereocenters. The number of hydrogen-bond donors (Lipinski definition) is 2. The number of urea groups is 1. The third-order valence-electron chi connectivity index (χ3n) is 3.02. The highest BCUT2D eigenvalue weighted by atomic mass is 16.5. The van der Waals surface area contributed by atoms with Crippen molar-refractivity contribution in [2.24, 2.45) is 0 Å². The van der Waals surface area contributed by atoms with Crippen LogP contribution in [-0.4, -0.2) is 41.5 Å². The Balaban J connectivity index is 2.29. The quantitative estimate of drug-likeness (QED) is 0.799. The topological polar surface area (TPSA) is 91.8 Å². The number of aromatic nitrogens is 1. The Kier molecular flexibility index (Phi) is 4.19. The molecule has 2 heterocycles. The lowest BCUT2D eigenvalue weighted by Gasteiger charge is -2.31. The first-order valence-corrected chi connectivity index (χ1v) is 6.42. The molecule has 0 aliphatic carbocycles. The van der Waals surface area contributed by atoms with E-state index in [4.69, 9.17) is 4.74 Å². The Morgan fingerprint density at radius 2 is 2.40 bits per heavy atom. The zero-order chi connectivity index (χ0) is 14.7. The molecule has 0 saturated carbocycles. The maximum Gasteiger partial charge on any atom is 0.339 e. The first-order chi connectivity index (χ1) is 9.52. The van der Waals surface area contributed by atoms with Crippen LogP contribution >= 0.6 is 0 Å². The molecule has 1 aromatic rings. The fourth-order valence-corrected chi connectivity index (χ4v) is 2.00. The molecule has 1 saturated heterocycles. The maximum absolute atomic E-state index is 11.9. The normalized spacial score (nSPS) is 18.6. The SMILES string of the molecule is CCOC(=O)c1cnc(C)c(N2CCC(O)NC2=O)c1. The number of aryl methyl sites for hydroxylation is 1. The molecule has 2 amide bonds. The van der Waals surface area contributed by atoms with Gasteiger partial charge in [-0.25, -0.2) is 9.59 Å². The summed E-state index contributed by atoms with van der Waals surface area (Å²) >= 11 is 0. The lowest BCUT2D eigenvalue weighted by molar-refractivity contribution is 0.0525. The standard InChI is InChI=1S/C13H17N3O4/c1-3-20-12(18)9-6-10(8(2)14-7-9)16-5-4-11(17)15-13(16)19/h6-7,11,17H,3-5H2,1-2H3,(H,15,19). The predicted octanol–water partition coefficient (Wildman–Crippen LogP) is 0.805. The first kappa shape index (κ1) is 14.3. The second-order valence-corrected chi connectivity index (χ2v) is 4.45. The van der Waals surface area contributed by atoms with Gasteiger partial charge in [-0.2, -0.15) is 0 Å². The molecule has 0 radical (unpaired) electrons. The van der Waals surface area contributed by atoms with E-state index in [-0.39, 0.29) is 6.61 Å². The molecule has 2 N–H and O–H groups in total. The van der Waals surface area contributed by atoms with E-state index in [0.29, 0.717) is 29.9 Å². The number of nitrogens with one attached hydrogen (secondary N) is 1. The van der Waals surface area contributed by atoms with Crippen LogP contribution in [0.3, 0.4) is 0 Å². The molecule has 1 aromatic heterocycles. The number of nitrogens with zero attached hydrogens (tertiary/aromatic N) is 2. The van der Waals surface area contributed by atoms with Gasteiger partial charge in [-0.1, -0.05) is 0 Å². The van der Waals surface area contributed by atoms with Crippen LogP contribution in [0.4, 0.5) is 10.5 Å². The van der Waals surface area contributed by atoms with Gasteiger partial charge >= 0.3 is 12.0 Å². The van der Waals surface area contributed by atoms with Crippen LogP contribution in [0.1, 0.15) is 29.4 Å². The molecule has 20 heavy (non-hydrogen) atoms. The first-order valence-electron chi connectivity index (χ1n) is 6.42. The van der Waals surface area contributed by atoms with Crippen LogP contribution in [0, 0.1) is 6.92 Å². The van der Waals surface area contributed by atoms with Gasteiger partial charge in [0.2, 0.25) is 0 Å². The molecule has 0 spiro atoms. The number of carbonyl (C=O) groups excluding carboxylic acids is 2. The fraction of sp³-hybridized carbons (Fsp3) is 0.462. The van der Waals surface area contributed by atoms with Gasteiger partial charge in [0, 0.05) is 19.2 Å². The molecule has 1 fully saturated rings. The zero-order valence-electron chi connectivity index (χ0n) is 11.4. The van der Waals surface area contributed by atoms with Crippen LogP contribution in [0.5, 0.6) is 0 Å². The molecular formula is C13H17N3O4. The van der Waals surface area contributed by atoms with Crippen molar-refractivity contribution in [3.63, 3.8) is 0 Å². The Morgan fingerprint density at radius 1 is 1.65 bits per heavy atom. The number of aliphatic hydroxyl groups excluding tert-OH is 1. The third kappa shape index (κ3) is 2.88. The molecule has 0 bridgehead atoms. The van der Waals surface area contributed by atoms with Crippen molar-refractivity contribution >= 4 is 17.7 Å². The summed E-state index contributed by atoms with van der Waals surface area (Å²) in [6, 6.07) is 1.17. The Labute approximate surface area is 116 Å². The molecule has 1 atom stereocenters. The summed E-state index contributed by atoms with van der Waals surface area (Å²) in [5, 5.41) is 11.8. The van der Waals surface area contributed by atoms with E-state index < -0.39 is 18.2 Å². The number of hydrogen-bond acceptors (Lipinski definition) is 5. The molecule has 7 heteroatoms. The Bertz CT molecular complexity index is 532. The van der Waals surface area contributed by atoms with Gasteiger partial charge in [0.1, 0.15) is 6.23 Å². The number of pyridine rings is 1. The molecule has 2 rings (SSSR count). The van der Waals surface area contributed by atoms with Crippen molar-refractivity contribution in [1.82, 2.24) is 10.3 Å². The Hall–Kier alpha value is -2.15. The van der Waals surface area contributed by atoms with Crippen LogP contribution < -0.4 is 10.2 Å². The van der Waals surface area contributed by atoms with E-state index in [0.717, 1.165) is 0 Å². The van der Waals surface area contributed by atoms with Gasteiger partial charge in [0.15, 0.2) is 0 Å². The smallest absolute Gasteiger partial charge is 0.339 e. The van der Waals surface area contributed by atoms with Crippen molar-refractivity contribution in [2.45, 2.75) is 26.5 Å². The highest BCUT2D eigenvalue weighted by molar-refractivity contribution is 5.96. The van der Waals surface area contributed by atoms with Crippen molar-refractivity contribution in [2.75, 3.05) is 18.1 Å². The third-order valence-corrected chi connectivity index (χ3v) is 3.02. The van der Waals surface area contributed by atoms with Crippen LogP contribution in [0.15, 0.2) is 12.3 Å². The summed E-state index contributed by atoms with van der Waals surface area (Å²) in [5.41, 5.74) is 1.47. The van der Waals surface area contributed by atoms with Gasteiger partial charge in [-0.3, -0.25) is 9.88 Å². The lowest BCUT2D eigenvalue weighted by atomic mass is 10.2. The van der Waals surface area contributed by atoms with Crippen molar-refractivity contribution < 1.29 is 19.4 Å². The van der Waals surface area contributed by atoms with E-state index in [1.165, 1.54) is 11.1 Å². The number of esters is 1. The number of carbonyl (C=O) groups is 2. The fourth-order valence-electron chi connectivity index (χ4n) is 2.00. The second kappa shape index (κ2) is 5.87. The summed E-state index contributed by atoms with van der Waals surface area (Å²) in [6.45, 7) is 4.11. The number of rotatable bonds is 3. The largest absolute Gasteiger partial charge is 0.462 e. The van der Waals surface area contributed by atoms with E-state index in [2.05, 4.69) is 10.3 Å². The van der Waals surface area contributed by atoms with Crippen LogP contribution in [0.2, 0.25) is 0 Å². The summed E-state index contributed by atoms with van der Waals surface area (Å²) in [7, 11) is 0. The monoisotopic (exact) mass is 279 g/mol. The molecule has 1 aliphatic rings. The minimum Gasteiger partial charge on any atom is -0.462 e. The second-order valence-electron chi connectivity index (χ2n) is 4.45. The summed E-state index contributed by atoms with van der Waals surface area (Å²) < 4.78 is 4.92. The number of aliphatic hydroxyl groups is 1. The molecule has 0 aromatic carbocycles. The minimum atomic E-state index is -0.833. The van der Waals surface area contributed by atoms with E-state index >= 15 is 0 Å². The number of ether oxygens (including phenoxy) is 1. The number of amides is 2. The molecule has 108 valence electrons. The summed E-state index contributed by atoms with van der Waals surface area (Å²) in [4.78, 5) is 29.2. The number of anilines is 1. The molecule has 1 aliphatic heterocycles. The van der Waals surface area contributed by atoms with Crippen LogP contribution in [0.25, 0.3) is 0 Å². The summed E-state index contributed by atoms with van der Waals surface area (Å²) in [6.07, 6.45) is 1.00. The zero-order valence-corrected chi connectivity index (χ0v) is 11.4. The van der Waals surface area contributed by atoms with Gasteiger partial charge in [-0.05, 0) is 19.9 Å². The molecular weight excluding hydrogens is 262 g/mol. The van der Waals surface area contributed by atoms with Crippen molar-refractivity contribution in [1.29, 1.82) is 0 Å². The highest BCUT2D eigenvalue weighted by Gasteiger charge is 2.26. The van der Waals surface area contributed by atoms with E-state index in [1.54, 1.807) is 19.9 Å². The maximum atomic E-state index is 11.9. The van der Waals surface area contributed by atoms with Gasteiger partial charge in [0.25, 0.3) is 0 Å². The minimum absolute atomic E-state index is 0.276. The van der Waals surface area contributed by atoms with E-state index in [9.17, 15) is 14.7 Å². The average Bonchev–Trinajstić information content (AvgIpc) is 2.40. The van der Waals surface area contributed by atoms with Crippen molar-refractivity contribution in [3.8, 4) is 0 Å².